The van der Waals surface area contributed by atoms with Crippen molar-refractivity contribution in [2.75, 3.05) is 38.6 Å². The molecular formula is C15H21F2N3O2. The van der Waals surface area contributed by atoms with Gasteiger partial charge in [-0.1, -0.05) is 6.07 Å². The molecule has 0 aliphatic rings. The summed E-state index contributed by atoms with van der Waals surface area (Å²) in [7, 11) is 3.76. The zero-order chi connectivity index (χ0) is 16.7. The summed E-state index contributed by atoms with van der Waals surface area (Å²) in [4.78, 5) is 26.2. The minimum absolute atomic E-state index is 0.0270. The molecule has 0 atom stereocenters. The van der Waals surface area contributed by atoms with Crippen LogP contribution in [0.25, 0.3) is 0 Å². The number of rotatable bonds is 7. The molecule has 0 aliphatic heterocycles. The van der Waals surface area contributed by atoms with Crippen LogP contribution in [0.5, 0.6) is 0 Å². The molecule has 0 spiro atoms. The van der Waals surface area contributed by atoms with E-state index < -0.39 is 23.2 Å². The number of halogens is 2. The van der Waals surface area contributed by atoms with Gasteiger partial charge in [0, 0.05) is 33.0 Å². The standard InChI is InChI=1S/C15H21F2N3O2/c1-11(21)20(15-12(16)5-4-6-13(15)17)9-7-14(22)18-8-10-19(2)3/h4-6H,7-10H2,1-3H3,(H,18,22). The first-order valence-electron chi connectivity index (χ1n) is 6.96. The second kappa shape index (κ2) is 8.43. The molecule has 0 unspecified atom stereocenters. The molecule has 1 N–H and O–H groups in total. The van der Waals surface area contributed by atoms with Gasteiger partial charge in [-0.25, -0.2) is 8.78 Å². The molecule has 1 rings (SSSR count). The molecule has 2 amide bonds. The van der Waals surface area contributed by atoms with Gasteiger partial charge in [0.1, 0.15) is 17.3 Å². The minimum atomic E-state index is -0.830. The zero-order valence-corrected chi connectivity index (χ0v) is 13.0. The molecule has 1 aromatic carbocycles. The van der Waals surface area contributed by atoms with E-state index in [1.165, 1.54) is 13.0 Å². The molecule has 0 fully saturated rings. The van der Waals surface area contributed by atoms with Crippen LogP contribution in [0.4, 0.5) is 14.5 Å². The molecular weight excluding hydrogens is 292 g/mol. The summed E-state index contributed by atoms with van der Waals surface area (Å²) in [6, 6.07) is 3.37. The Bertz CT molecular complexity index is 515. The Kier molecular flexibility index (Phi) is 6.91. The number of anilines is 1. The summed E-state index contributed by atoms with van der Waals surface area (Å²) in [5.41, 5.74) is -0.420. The molecule has 122 valence electrons. The Labute approximate surface area is 128 Å². The molecule has 1 aromatic rings. The van der Waals surface area contributed by atoms with E-state index in [2.05, 4.69) is 5.32 Å². The van der Waals surface area contributed by atoms with Gasteiger partial charge in [-0.2, -0.15) is 0 Å². The van der Waals surface area contributed by atoms with E-state index in [0.717, 1.165) is 17.0 Å². The maximum absolute atomic E-state index is 13.7. The highest BCUT2D eigenvalue weighted by Crippen LogP contribution is 2.23. The van der Waals surface area contributed by atoms with Gasteiger partial charge in [-0.3, -0.25) is 9.59 Å². The smallest absolute Gasteiger partial charge is 0.224 e. The molecule has 7 heteroatoms. The number of likely N-dealkylation sites (N-methyl/N-ethyl adjacent to an activating group) is 1. The molecule has 0 heterocycles. The first-order valence-corrected chi connectivity index (χ1v) is 6.96. The van der Waals surface area contributed by atoms with E-state index in [1.54, 1.807) is 0 Å². The van der Waals surface area contributed by atoms with Crippen molar-refractivity contribution in [3.8, 4) is 0 Å². The van der Waals surface area contributed by atoms with Crippen LogP contribution in [0.15, 0.2) is 18.2 Å². The van der Waals surface area contributed by atoms with Crippen molar-refractivity contribution in [2.24, 2.45) is 0 Å². The van der Waals surface area contributed by atoms with Crippen LogP contribution >= 0.6 is 0 Å². The number of para-hydroxylation sites is 1. The number of amides is 2. The van der Waals surface area contributed by atoms with Gasteiger partial charge in [0.05, 0.1) is 0 Å². The average molecular weight is 313 g/mol. The SMILES string of the molecule is CC(=O)N(CCC(=O)NCCN(C)C)c1c(F)cccc1F. The lowest BCUT2D eigenvalue weighted by Gasteiger charge is -2.22. The number of hydrogen-bond donors (Lipinski definition) is 1. The number of nitrogens with zero attached hydrogens (tertiary/aromatic N) is 2. The zero-order valence-electron chi connectivity index (χ0n) is 13.0. The molecule has 0 saturated heterocycles. The largest absolute Gasteiger partial charge is 0.355 e. The summed E-state index contributed by atoms with van der Waals surface area (Å²) in [5, 5.41) is 2.68. The van der Waals surface area contributed by atoms with E-state index >= 15 is 0 Å². The van der Waals surface area contributed by atoms with Crippen LogP contribution in [0.3, 0.4) is 0 Å². The molecule has 5 nitrogen and oxygen atoms in total. The molecule has 22 heavy (non-hydrogen) atoms. The first kappa shape index (κ1) is 18.0. The third-order valence-electron chi connectivity index (χ3n) is 3.03. The number of carbonyl (C=O) groups excluding carboxylic acids is 2. The van der Waals surface area contributed by atoms with Crippen molar-refractivity contribution in [3.63, 3.8) is 0 Å². The Morgan fingerprint density at radius 3 is 2.23 bits per heavy atom. The van der Waals surface area contributed by atoms with Crippen LogP contribution in [-0.2, 0) is 9.59 Å². The summed E-state index contributed by atoms with van der Waals surface area (Å²) >= 11 is 0. The van der Waals surface area contributed by atoms with Crippen molar-refractivity contribution >= 4 is 17.5 Å². The van der Waals surface area contributed by atoms with Gasteiger partial charge < -0.3 is 15.1 Å². The Balaban J connectivity index is 2.66. The molecule has 0 saturated carbocycles. The lowest BCUT2D eigenvalue weighted by Crippen LogP contribution is -2.36. The number of benzene rings is 1. The van der Waals surface area contributed by atoms with Crippen molar-refractivity contribution < 1.29 is 18.4 Å². The van der Waals surface area contributed by atoms with Crippen molar-refractivity contribution in [1.82, 2.24) is 10.2 Å². The van der Waals surface area contributed by atoms with Gasteiger partial charge in [0.25, 0.3) is 0 Å². The molecule has 0 aromatic heterocycles. The second-order valence-electron chi connectivity index (χ2n) is 5.14. The fraction of sp³-hybridized carbons (Fsp3) is 0.467. The monoisotopic (exact) mass is 313 g/mol. The fourth-order valence-electron chi connectivity index (χ4n) is 1.89. The number of carbonyl (C=O) groups is 2. The van der Waals surface area contributed by atoms with Gasteiger partial charge in [-0.05, 0) is 26.2 Å². The van der Waals surface area contributed by atoms with Crippen molar-refractivity contribution in [3.05, 3.63) is 29.8 Å². The van der Waals surface area contributed by atoms with Gasteiger partial charge in [-0.15, -0.1) is 0 Å². The normalized spacial score (nSPS) is 10.6. The topological polar surface area (TPSA) is 52.7 Å². The summed E-state index contributed by atoms with van der Waals surface area (Å²) in [6.07, 6.45) is -0.0270. The molecule has 0 bridgehead atoms. The number of nitrogens with one attached hydrogen (secondary N) is 1. The highest BCUT2D eigenvalue weighted by molar-refractivity contribution is 5.92. The van der Waals surface area contributed by atoms with Crippen molar-refractivity contribution in [2.45, 2.75) is 13.3 Å². The Morgan fingerprint density at radius 2 is 1.73 bits per heavy atom. The third-order valence-corrected chi connectivity index (χ3v) is 3.03. The van der Waals surface area contributed by atoms with Crippen LogP contribution in [-0.4, -0.2) is 50.4 Å². The lowest BCUT2D eigenvalue weighted by atomic mass is 10.2. The predicted octanol–water partition coefficient (Wildman–Crippen LogP) is 1.39. The summed E-state index contributed by atoms with van der Waals surface area (Å²) in [6.45, 7) is 2.28. The van der Waals surface area contributed by atoms with Crippen LogP contribution in [0.1, 0.15) is 13.3 Å². The van der Waals surface area contributed by atoms with E-state index in [-0.39, 0.29) is 18.9 Å². The second-order valence-corrected chi connectivity index (χ2v) is 5.14. The average Bonchev–Trinajstić information content (AvgIpc) is 2.41. The highest BCUT2D eigenvalue weighted by Gasteiger charge is 2.20. The molecule has 0 aliphatic carbocycles. The maximum Gasteiger partial charge on any atom is 0.224 e. The van der Waals surface area contributed by atoms with Crippen LogP contribution in [0.2, 0.25) is 0 Å². The van der Waals surface area contributed by atoms with E-state index in [0.29, 0.717) is 13.1 Å². The minimum Gasteiger partial charge on any atom is -0.355 e. The quantitative estimate of drug-likeness (QED) is 0.827. The van der Waals surface area contributed by atoms with E-state index in [1.807, 2.05) is 19.0 Å². The molecule has 0 radical (unpaired) electrons. The van der Waals surface area contributed by atoms with Gasteiger partial charge in [0.15, 0.2) is 0 Å². The van der Waals surface area contributed by atoms with E-state index in [4.69, 9.17) is 0 Å². The Morgan fingerprint density at radius 1 is 1.14 bits per heavy atom. The van der Waals surface area contributed by atoms with Gasteiger partial charge in [0.2, 0.25) is 11.8 Å². The summed E-state index contributed by atoms with van der Waals surface area (Å²) in [5.74, 6) is -2.46. The van der Waals surface area contributed by atoms with Crippen molar-refractivity contribution in [1.29, 1.82) is 0 Å². The third kappa shape index (κ3) is 5.40. The fourth-order valence-corrected chi connectivity index (χ4v) is 1.89. The van der Waals surface area contributed by atoms with E-state index in [9.17, 15) is 18.4 Å². The Hall–Kier alpha value is -2.02. The van der Waals surface area contributed by atoms with Crippen LogP contribution in [0, 0.1) is 11.6 Å². The number of hydrogen-bond acceptors (Lipinski definition) is 3. The highest BCUT2D eigenvalue weighted by atomic mass is 19.1. The lowest BCUT2D eigenvalue weighted by molar-refractivity contribution is -0.121. The first-order chi connectivity index (χ1) is 10.3. The van der Waals surface area contributed by atoms with Gasteiger partial charge >= 0.3 is 0 Å². The summed E-state index contributed by atoms with van der Waals surface area (Å²) < 4.78 is 27.5. The van der Waals surface area contributed by atoms with Crippen LogP contribution < -0.4 is 10.2 Å². The predicted molar refractivity (Wildman–Crippen MR) is 80.6 cm³/mol. The maximum atomic E-state index is 13.7.